The van der Waals surface area contributed by atoms with Gasteiger partial charge in [-0.1, -0.05) is 13.3 Å². The number of unbranched alkanes of at least 4 members (excludes halogenated alkanes) is 1. The summed E-state index contributed by atoms with van der Waals surface area (Å²) in [5.41, 5.74) is 7.65. The Morgan fingerprint density at radius 1 is 1.28 bits per heavy atom. The first-order valence-corrected chi connectivity index (χ1v) is 7.09. The van der Waals surface area contributed by atoms with Crippen molar-refractivity contribution in [2.75, 3.05) is 6.61 Å². The lowest BCUT2D eigenvalue weighted by Gasteiger charge is -2.05. The van der Waals surface area contributed by atoms with Crippen LogP contribution in [-0.4, -0.2) is 11.6 Å². The van der Waals surface area contributed by atoms with E-state index >= 15 is 0 Å². The lowest BCUT2D eigenvalue weighted by Crippen LogP contribution is -1.96. The first-order chi connectivity index (χ1) is 8.83. The van der Waals surface area contributed by atoms with E-state index in [1.807, 2.05) is 29.6 Å². The molecule has 0 saturated carbocycles. The first kappa shape index (κ1) is 13.1. The number of ether oxygens (including phenoxy) is 1. The van der Waals surface area contributed by atoms with Gasteiger partial charge in [0, 0.05) is 17.5 Å². The van der Waals surface area contributed by atoms with Crippen molar-refractivity contribution < 1.29 is 4.74 Å². The Labute approximate surface area is 112 Å². The third-order valence-corrected chi connectivity index (χ3v) is 3.51. The zero-order valence-corrected chi connectivity index (χ0v) is 11.4. The summed E-state index contributed by atoms with van der Waals surface area (Å²) in [6, 6.07) is 8.06. The van der Waals surface area contributed by atoms with Crippen LogP contribution in [0, 0.1) is 0 Å². The van der Waals surface area contributed by atoms with Crippen LogP contribution in [0.2, 0.25) is 0 Å². The number of aromatic nitrogens is 1. The highest BCUT2D eigenvalue weighted by Gasteiger charge is 2.03. The molecule has 0 aliphatic carbocycles. The summed E-state index contributed by atoms with van der Waals surface area (Å²) in [6.07, 6.45) is 2.24. The van der Waals surface area contributed by atoms with Crippen LogP contribution in [0.3, 0.4) is 0 Å². The van der Waals surface area contributed by atoms with Gasteiger partial charge in [-0.2, -0.15) is 0 Å². The average Bonchev–Trinajstić information content (AvgIpc) is 2.89. The first-order valence-electron chi connectivity index (χ1n) is 6.21. The van der Waals surface area contributed by atoms with Gasteiger partial charge in [0.05, 0.1) is 12.3 Å². The van der Waals surface area contributed by atoms with E-state index in [1.165, 1.54) is 0 Å². The van der Waals surface area contributed by atoms with E-state index in [1.54, 1.807) is 11.3 Å². The van der Waals surface area contributed by atoms with Gasteiger partial charge < -0.3 is 10.5 Å². The Morgan fingerprint density at radius 3 is 2.67 bits per heavy atom. The van der Waals surface area contributed by atoms with Crippen molar-refractivity contribution in [3.8, 4) is 17.0 Å². The van der Waals surface area contributed by atoms with E-state index in [-0.39, 0.29) is 0 Å². The molecule has 0 aliphatic rings. The maximum atomic E-state index is 5.63. The molecular formula is C14H18N2OS. The van der Waals surface area contributed by atoms with Gasteiger partial charge in [-0.3, -0.25) is 0 Å². The van der Waals surface area contributed by atoms with Crippen molar-refractivity contribution in [2.24, 2.45) is 5.73 Å². The van der Waals surface area contributed by atoms with Crippen LogP contribution in [0.15, 0.2) is 29.6 Å². The fourth-order valence-corrected chi connectivity index (χ4v) is 2.28. The lowest BCUT2D eigenvalue weighted by molar-refractivity contribution is 0.309. The number of nitrogens with two attached hydrogens (primary N) is 1. The number of nitrogens with zero attached hydrogens (tertiary/aromatic N) is 1. The third kappa shape index (κ3) is 3.31. The summed E-state index contributed by atoms with van der Waals surface area (Å²) < 4.78 is 5.63. The molecule has 0 aliphatic heterocycles. The molecular weight excluding hydrogens is 244 g/mol. The molecule has 0 fully saturated rings. The smallest absolute Gasteiger partial charge is 0.119 e. The molecule has 4 heteroatoms. The van der Waals surface area contributed by atoms with Crippen molar-refractivity contribution in [3.63, 3.8) is 0 Å². The molecule has 1 aromatic carbocycles. The topological polar surface area (TPSA) is 48.1 Å². The van der Waals surface area contributed by atoms with Gasteiger partial charge in [-0.25, -0.2) is 4.98 Å². The molecule has 0 radical (unpaired) electrons. The number of thiazole rings is 1. The molecule has 3 nitrogen and oxygen atoms in total. The molecule has 1 heterocycles. The Morgan fingerprint density at radius 2 is 2.06 bits per heavy atom. The van der Waals surface area contributed by atoms with Crippen LogP contribution >= 0.6 is 11.3 Å². The minimum absolute atomic E-state index is 0.503. The molecule has 0 saturated heterocycles. The Hall–Kier alpha value is -1.39. The van der Waals surface area contributed by atoms with Crippen LogP contribution < -0.4 is 10.5 Å². The van der Waals surface area contributed by atoms with E-state index in [4.69, 9.17) is 10.5 Å². The highest BCUT2D eigenvalue weighted by molar-refractivity contribution is 7.09. The minimum Gasteiger partial charge on any atom is -0.494 e. The molecule has 0 spiro atoms. The zero-order valence-electron chi connectivity index (χ0n) is 10.6. The Balaban J connectivity index is 2.02. The summed E-state index contributed by atoms with van der Waals surface area (Å²) in [5, 5.41) is 3.00. The monoisotopic (exact) mass is 262 g/mol. The van der Waals surface area contributed by atoms with Crippen LogP contribution in [0.25, 0.3) is 11.3 Å². The Kier molecular flexibility index (Phi) is 4.73. The van der Waals surface area contributed by atoms with E-state index in [9.17, 15) is 0 Å². The standard InChI is InChI=1S/C14H18N2OS/c1-2-3-8-17-12-6-4-11(5-7-12)13-10-18-14(9-15)16-13/h4-7,10H,2-3,8-9,15H2,1H3. The number of benzene rings is 1. The predicted molar refractivity (Wildman–Crippen MR) is 75.8 cm³/mol. The molecule has 0 amide bonds. The van der Waals surface area contributed by atoms with Crippen molar-refractivity contribution in [1.29, 1.82) is 0 Å². The molecule has 1 aromatic heterocycles. The van der Waals surface area contributed by atoms with Crippen LogP contribution in [-0.2, 0) is 6.54 Å². The summed E-state index contributed by atoms with van der Waals surface area (Å²) in [7, 11) is 0. The van der Waals surface area contributed by atoms with Crippen LogP contribution in [0.4, 0.5) is 0 Å². The van der Waals surface area contributed by atoms with Crippen LogP contribution in [0.5, 0.6) is 5.75 Å². The summed E-state index contributed by atoms with van der Waals surface area (Å²) in [5.74, 6) is 0.918. The van der Waals surface area contributed by atoms with Crippen molar-refractivity contribution in [3.05, 3.63) is 34.7 Å². The zero-order chi connectivity index (χ0) is 12.8. The van der Waals surface area contributed by atoms with Gasteiger partial charge in [-0.05, 0) is 30.7 Å². The third-order valence-electron chi connectivity index (χ3n) is 2.64. The van der Waals surface area contributed by atoms with Gasteiger partial charge in [0.25, 0.3) is 0 Å². The maximum Gasteiger partial charge on any atom is 0.119 e. The Bertz CT molecular complexity index is 479. The van der Waals surface area contributed by atoms with Crippen LogP contribution in [0.1, 0.15) is 24.8 Å². The summed E-state index contributed by atoms with van der Waals surface area (Å²) >= 11 is 1.60. The van der Waals surface area contributed by atoms with E-state index in [2.05, 4.69) is 11.9 Å². The molecule has 0 atom stereocenters. The molecule has 0 bridgehead atoms. The van der Waals surface area contributed by atoms with Crippen molar-refractivity contribution >= 4 is 11.3 Å². The van der Waals surface area contributed by atoms with Gasteiger partial charge in [-0.15, -0.1) is 11.3 Å². The minimum atomic E-state index is 0.503. The average molecular weight is 262 g/mol. The van der Waals surface area contributed by atoms with Gasteiger partial charge in [0.2, 0.25) is 0 Å². The lowest BCUT2D eigenvalue weighted by atomic mass is 10.2. The van der Waals surface area contributed by atoms with Crippen molar-refractivity contribution in [1.82, 2.24) is 4.98 Å². The van der Waals surface area contributed by atoms with E-state index < -0.39 is 0 Å². The normalized spacial score (nSPS) is 10.6. The van der Waals surface area contributed by atoms with Gasteiger partial charge in [0.1, 0.15) is 10.8 Å². The molecule has 0 unspecified atom stereocenters. The number of hydrogen-bond acceptors (Lipinski definition) is 4. The quantitative estimate of drug-likeness (QED) is 0.811. The molecule has 96 valence electrons. The highest BCUT2D eigenvalue weighted by Crippen LogP contribution is 2.24. The SMILES string of the molecule is CCCCOc1ccc(-c2csc(CN)n2)cc1. The number of hydrogen-bond donors (Lipinski definition) is 1. The molecule has 2 rings (SSSR count). The van der Waals surface area contributed by atoms with Gasteiger partial charge in [0.15, 0.2) is 0 Å². The second-order valence-electron chi connectivity index (χ2n) is 4.06. The van der Waals surface area contributed by atoms with E-state index in [0.717, 1.165) is 41.5 Å². The largest absolute Gasteiger partial charge is 0.494 e. The molecule has 18 heavy (non-hydrogen) atoms. The highest BCUT2D eigenvalue weighted by atomic mass is 32.1. The molecule has 2 aromatic rings. The second-order valence-corrected chi connectivity index (χ2v) is 5.00. The van der Waals surface area contributed by atoms with Crippen molar-refractivity contribution in [2.45, 2.75) is 26.3 Å². The summed E-state index contributed by atoms with van der Waals surface area (Å²) in [6.45, 7) is 3.44. The predicted octanol–water partition coefficient (Wildman–Crippen LogP) is 3.45. The van der Waals surface area contributed by atoms with Gasteiger partial charge >= 0.3 is 0 Å². The second kappa shape index (κ2) is 6.52. The summed E-state index contributed by atoms with van der Waals surface area (Å²) in [4.78, 5) is 4.46. The maximum absolute atomic E-state index is 5.63. The van der Waals surface area contributed by atoms with E-state index in [0.29, 0.717) is 6.54 Å². The molecule has 2 N–H and O–H groups in total. The fraction of sp³-hybridized carbons (Fsp3) is 0.357. The fourth-order valence-electron chi connectivity index (χ4n) is 1.59. The number of rotatable bonds is 6.